The fraction of sp³-hybridized carbons (Fsp3) is 0.200. The molecule has 1 atom stereocenters. The number of rotatable bonds is 4. The molecule has 0 radical (unpaired) electrons. The Morgan fingerprint density at radius 2 is 2.20 bits per heavy atom. The van der Waals surface area contributed by atoms with Crippen LogP contribution < -0.4 is 10.6 Å². The standard InChI is InChI=1S/C15H14BrN3O/c16-10-4-5-13-12(9-10)14(15(20)19-13)18-8-6-11-3-1-2-7-17-11/h1-5,7,9,14,18H,6,8H2,(H,19,20). The van der Waals surface area contributed by atoms with E-state index >= 15 is 0 Å². The van der Waals surface area contributed by atoms with Crippen molar-refractivity contribution in [2.24, 2.45) is 0 Å². The Morgan fingerprint density at radius 1 is 1.30 bits per heavy atom. The summed E-state index contributed by atoms with van der Waals surface area (Å²) < 4.78 is 0.976. The summed E-state index contributed by atoms with van der Waals surface area (Å²) in [6, 6.07) is 11.4. The molecule has 2 N–H and O–H groups in total. The third-order valence-electron chi connectivity index (χ3n) is 3.30. The molecule has 1 unspecified atom stereocenters. The first-order chi connectivity index (χ1) is 9.74. The Bertz CT molecular complexity index is 630. The topological polar surface area (TPSA) is 54.0 Å². The lowest BCUT2D eigenvalue weighted by Gasteiger charge is -2.11. The van der Waals surface area contributed by atoms with Crippen LogP contribution >= 0.6 is 15.9 Å². The summed E-state index contributed by atoms with van der Waals surface area (Å²) in [5.41, 5.74) is 2.90. The molecule has 20 heavy (non-hydrogen) atoms. The van der Waals surface area contributed by atoms with Gasteiger partial charge in [-0.05, 0) is 30.3 Å². The van der Waals surface area contributed by atoms with Crippen molar-refractivity contribution in [1.82, 2.24) is 10.3 Å². The Labute approximate surface area is 125 Å². The maximum Gasteiger partial charge on any atom is 0.246 e. The van der Waals surface area contributed by atoms with E-state index in [-0.39, 0.29) is 11.9 Å². The summed E-state index contributed by atoms with van der Waals surface area (Å²) in [4.78, 5) is 16.3. The minimum atomic E-state index is -0.286. The van der Waals surface area contributed by atoms with Gasteiger partial charge >= 0.3 is 0 Å². The number of hydrogen-bond donors (Lipinski definition) is 2. The molecular formula is C15H14BrN3O. The van der Waals surface area contributed by atoms with Gasteiger partial charge in [-0.15, -0.1) is 0 Å². The zero-order chi connectivity index (χ0) is 13.9. The molecular weight excluding hydrogens is 318 g/mol. The van der Waals surface area contributed by atoms with Crippen LogP contribution in [0.25, 0.3) is 0 Å². The number of nitrogens with one attached hydrogen (secondary N) is 2. The van der Waals surface area contributed by atoms with E-state index < -0.39 is 0 Å². The molecule has 2 heterocycles. The first-order valence-electron chi connectivity index (χ1n) is 6.47. The van der Waals surface area contributed by atoms with Crippen LogP contribution in [0.15, 0.2) is 47.1 Å². The Balaban J connectivity index is 1.66. The van der Waals surface area contributed by atoms with Gasteiger partial charge in [-0.25, -0.2) is 0 Å². The van der Waals surface area contributed by atoms with Crippen LogP contribution in [-0.4, -0.2) is 17.4 Å². The van der Waals surface area contributed by atoms with Crippen molar-refractivity contribution < 1.29 is 4.79 Å². The van der Waals surface area contributed by atoms with E-state index in [4.69, 9.17) is 0 Å². The van der Waals surface area contributed by atoms with Crippen LogP contribution in [0.5, 0.6) is 0 Å². The van der Waals surface area contributed by atoms with Gasteiger partial charge in [0.15, 0.2) is 0 Å². The Hall–Kier alpha value is -1.72. The summed E-state index contributed by atoms with van der Waals surface area (Å²) in [7, 11) is 0. The molecule has 4 nitrogen and oxygen atoms in total. The number of benzene rings is 1. The van der Waals surface area contributed by atoms with E-state index in [1.165, 1.54) is 0 Å². The predicted octanol–water partition coefficient (Wildman–Crippen LogP) is 2.67. The average molecular weight is 332 g/mol. The van der Waals surface area contributed by atoms with E-state index in [0.717, 1.165) is 27.8 Å². The smallest absolute Gasteiger partial charge is 0.246 e. The van der Waals surface area contributed by atoms with Gasteiger partial charge in [-0.3, -0.25) is 9.78 Å². The molecule has 102 valence electrons. The number of aromatic nitrogens is 1. The molecule has 1 aliphatic heterocycles. The SMILES string of the molecule is O=C1Nc2ccc(Br)cc2C1NCCc1ccccn1. The third-order valence-corrected chi connectivity index (χ3v) is 3.79. The van der Waals surface area contributed by atoms with Gasteiger partial charge in [0.25, 0.3) is 0 Å². The van der Waals surface area contributed by atoms with Crippen molar-refractivity contribution in [3.05, 3.63) is 58.3 Å². The first kappa shape index (κ1) is 13.3. The number of amides is 1. The molecule has 3 rings (SSSR count). The minimum absolute atomic E-state index is 0.000814. The molecule has 0 saturated heterocycles. The summed E-state index contributed by atoms with van der Waals surface area (Å²) >= 11 is 3.44. The highest BCUT2D eigenvalue weighted by molar-refractivity contribution is 9.10. The van der Waals surface area contributed by atoms with Crippen LogP contribution in [0.4, 0.5) is 5.69 Å². The van der Waals surface area contributed by atoms with E-state index in [1.54, 1.807) is 6.20 Å². The predicted molar refractivity (Wildman–Crippen MR) is 81.5 cm³/mol. The van der Waals surface area contributed by atoms with Crippen LogP contribution in [0.3, 0.4) is 0 Å². The van der Waals surface area contributed by atoms with Crippen LogP contribution in [-0.2, 0) is 11.2 Å². The average Bonchev–Trinajstić information content (AvgIpc) is 2.76. The van der Waals surface area contributed by atoms with Gasteiger partial charge in [0.2, 0.25) is 5.91 Å². The van der Waals surface area contributed by atoms with E-state index in [1.807, 2.05) is 36.4 Å². The normalized spacial score (nSPS) is 16.9. The molecule has 5 heteroatoms. The van der Waals surface area contributed by atoms with Crippen molar-refractivity contribution in [1.29, 1.82) is 0 Å². The number of halogens is 1. The maximum atomic E-state index is 12.0. The lowest BCUT2D eigenvalue weighted by molar-refractivity contribution is -0.117. The van der Waals surface area contributed by atoms with Crippen molar-refractivity contribution in [3.63, 3.8) is 0 Å². The fourth-order valence-corrected chi connectivity index (χ4v) is 2.70. The number of carbonyl (C=O) groups excluding carboxylic acids is 1. The first-order valence-corrected chi connectivity index (χ1v) is 7.27. The second-order valence-electron chi connectivity index (χ2n) is 4.68. The molecule has 0 bridgehead atoms. The molecule has 2 aromatic rings. The fourth-order valence-electron chi connectivity index (χ4n) is 2.33. The molecule has 0 fully saturated rings. The maximum absolute atomic E-state index is 12.0. The molecule has 0 aliphatic carbocycles. The highest BCUT2D eigenvalue weighted by Crippen LogP contribution is 2.32. The number of fused-ring (bicyclic) bond motifs is 1. The Morgan fingerprint density at radius 3 is 3.00 bits per heavy atom. The molecule has 0 saturated carbocycles. The zero-order valence-electron chi connectivity index (χ0n) is 10.8. The number of anilines is 1. The van der Waals surface area contributed by atoms with Crippen LogP contribution in [0, 0.1) is 0 Å². The minimum Gasteiger partial charge on any atom is -0.324 e. The van der Waals surface area contributed by atoms with Gasteiger partial charge in [0, 0.05) is 40.6 Å². The van der Waals surface area contributed by atoms with Crippen molar-refractivity contribution in [3.8, 4) is 0 Å². The number of nitrogens with zero attached hydrogens (tertiary/aromatic N) is 1. The van der Waals surface area contributed by atoms with Gasteiger partial charge in [-0.1, -0.05) is 22.0 Å². The number of pyridine rings is 1. The third kappa shape index (κ3) is 2.73. The van der Waals surface area contributed by atoms with Gasteiger partial charge in [0.05, 0.1) is 0 Å². The lowest BCUT2D eigenvalue weighted by atomic mass is 10.1. The van der Waals surface area contributed by atoms with Gasteiger partial charge in [0.1, 0.15) is 6.04 Å². The van der Waals surface area contributed by atoms with Crippen molar-refractivity contribution in [2.75, 3.05) is 11.9 Å². The summed E-state index contributed by atoms with van der Waals surface area (Å²) in [5, 5.41) is 6.18. The van der Waals surface area contributed by atoms with Crippen LogP contribution in [0.1, 0.15) is 17.3 Å². The number of hydrogen-bond acceptors (Lipinski definition) is 3. The van der Waals surface area contributed by atoms with Crippen LogP contribution in [0.2, 0.25) is 0 Å². The largest absolute Gasteiger partial charge is 0.324 e. The monoisotopic (exact) mass is 331 g/mol. The molecule has 0 spiro atoms. The van der Waals surface area contributed by atoms with Gasteiger partial charge < -0.3 is 10.6 Å². The molecule has 1 amide bonds. The molecule has 1 aromatic carbocycles. The highest BCUT2D eigenvalue weighted by Gasteiger charge is 2.29. The second kappa shape index (κ2) is 5.73. The summed E-state index contributed by atoms with van der Waals surface area (Å²) in [5.74, 6) is -0.000814. The highest BCUT2D eigenvalue weighted by atomic mass is 79.9. The van der Waals surface area contributed by atoms with Crippen molar-refractivity contribution in [2.45, 2.75) is 12.5 Å². The van der Waals surface area contributed by atoms with E-state index in [0.29, 0.717) is 6.54 Å². The molecule has 1 aromatic heterocycles. The van der Waals surface area contributed by atoms with Crippen molar-refractivity contribution >= 4 is 27.5 Å². The second-order valence-corrected chi connectivity index (χ2v) is 5.59. The summed E-state index contributed by atoms with van der Waals surface area (Å²) in [6.45, 7) is 0.709. The molecule has 1 aliphatic rings. The zero-order valence-corrected chi connectivity index (χ0v) is 12.4. The van der Waals surface area contributed by atoms with E-state index in [9.17, 15) is 4.79 Å². The Kier molecular flexibility index (Phi) is 3.80. The lowest BCUT2D eigenvalue weighted by Crippen LogP contribution is -2.29. The summed E-state index contributed by atoms with van der Waals surface area (Å²) in [6.07, 6.45) is 2.58. The van der Waals surface area contributed by atoms with Gasteiger partial charge in [-0.2, -0.15) is 0 Å². The van der Waals surface area contributed by atoms with E-state index in [2.05, 4.69) is 31.5 Å². The quantitative estimate of drug-likeness (QED) is 0.905. The number of carbonyl (C=O) groups is 1.